The summed E-state index contributed by atoms with van der Waals surface area (Å²) < 4.78 is 40.0. The van der Waals surface area contributed by atoms with E-state index in [1.807, 2.05) is 5.32 Å². The van der Waals surface area contributed by atoms with Gasteiger partial charge in [-0.3, -0.25) is 0 Å². The summed E-state index contributed by atoms with van der Waals surface area (Å²) in [6.07, 6.45) is -2.28. The third-order valence-electron chi connectivity index (χ3n) is 5.33. The fourth-order valence-electron chi connectivity index (χ4n) is 3.27. The first-order valence-electron chi connectivity index (χ1n) is 10.1. The highest BCUT2D eigenvalue weighted by atomic mass is 19.3. The number of esters is 1. The molecule has 2 unspecified atom stereocenters. The van der Waals surface area contributed by atoms with E-state index in [0.29, 0.717) is 17.5 Å². The minimum atomic E-state index is -3.50. The van der Waals surface area contributed by atoms with Gasteiger partial charge in [0.1, 0.15) is 19.3 Å². The van der Waals surface area contributed by atoms with E-state index in [2.05, 4.69) is 0 Å². The second-order valence-corrected chi connectivity index (χ2v) is 7.52. The molecule has 1 amide bonds. The molecule has 0 spiro atoms. The molecule has 0 aliphatic heterocycles. The van der Waals surface area contributed by atoms with Crippen LogP contribution in [-0.2, 0) is 27.5 Å². The van der Waals surface area contributed by atoms with Gasteiger partial charge in [0.2, 0.25) is 0 Å². The van der Waals surface area contributed by atoms with Crippen molar-refractivity contribution in [2.45, 2.75) is 50.5 Å². The molecule has 1 aliphatic carbocycles. The van der Waals surface area contributed by atoms with Gasteiger partial charge in [-0.25, -0.2) is 18.4 Å². The number of carbonyl (C=O) groups excluding carboxylic acids is 2. The first-order chi connectivity index (χ1) is 14.9. The van der Waals surface area contributed by atoms with Gasteiger partial charge >= 0.3 is 12.1 Å². The Morgan fingerprint density at radius 2 is 1.48 bits per heavy atom. The minimum Gasteiger partial charge on any atom is -0.459 e. The lowest BCUT2D eigenvalue weighted by Crippen LogP contribution is -2.60. The molecule has 0 bridgehead atoms. The van der Waals surface area contributed by atoms with Crippen molar-refractivity contribution in [3.8, 4) is 0 Å². The molecule has 6 nitrogen and oxygen atoms in total. The largest absolute Gasteiger partial charge is 0.459 e. The van der Waals surface area contributed by atoms with Gasteiger partial charge in [0, 0.05) is 5.92 Å². The van der Waals surface area contributed by atoms with Gasteiger partial charge < -0.3 is 19.9 Å². The molecule has 0 saturated heterocycles. The number of hydrogen-bond acceptors (Lipinski definition) is 5. The zero-order valence-electron chi connectivity index (χ0n) is 16.9. The van der Waals surface area contributed by atoms with Crippen molar-refractivity contribution >= 4 is 12.1 Å². The zero-order chi connectivity index (χ0) is 22.3. The molecule has 8 heteroatoms. The monoisotopic (exact) mass is 433 g/mol. The highest BCUT2D eigenvalue weighted by Gasteiger charge is 2.54. The fraction of sp³-hybridized carbons (Fsp3) is 0.391. The Hall–Kier alpha value is -3.00. The second-order valence-electron chi connectivity index (χ2n) is 7.52. The van der Waals surface area contributed by atoms with E-state index in [9.17, 15) is 23.5 Å². The maximum Gasteiger partial charge on any atom is 0.408 e. The quantitative estimate of drug-likeness (QED) is 0.588. The number of ether oxygens (including phenoxy) is 2. The summed E-state index contributed by atoms with van der Waals surface area (Å²) >= 11 is 0. The summed E-state index contributed by atoms with van der Waals surface area (Å²) in [7, 11) is 0. The molecule has 1 aliphatic rings. The summed E-state index contributed by atoms with van der Waals surface area (Å²) in [6.45, 7) is -0.320. The van der Waals surface area contributed by atoms with Gasteiger partial charge in [0.15, 0.2) is 6.10 Å². The van der Waals surface area contributed by atoms with Crippen LogP contribution in [0.25, 0.3) is 0 Å². The van der Waals surface area contributed by atoms with E-state index < -0.39 is 36.0 Å². The van der Waals surface area contributed by atoms with Crippen LogP contribution in [0.3, 0.4) is 0 Å². The average Bonchev–Trinajstić information content (AvgIpc) is 2.73. The summed E-state index contributed by atoms with van der Waals surface area (Å²) in [6, 6.07) is 15.2. The van der Waals surface area contributed by atoms with Gasteiger partial charge in [-0.15, -0.1) is 0 Å². The number of halogens is 2. The summed E-state index contributed by atoms with van der Waals surface area (Å²) in [4.78, 5) is 24.5. The molecular weight excluding hydrogens is 408 g/mol. The third-order valence-corrected chi connectivity index (χ3v) is 5.33. The number of benzene rings is 2. The van der Waals surface area contributed by atoms with E-state index in [-0.39, 0.29) is 26.1 Å². The Bertz CT molecular complexity index is 859. The zero-order valence-corrected chi connectivity index (χ0v) is 16.9. The minimum absolute atomic E-state index is 0.136. The number of carbonyl (C=O) groups is 2. The first-order valence-corrected chi connectivity index (χ1v) is 10.1. The number of nitrogens with one attached hydrogen (secondary N) is 1. The van der Waals surface area contributed by atoms with E-state index in [4.69, 9.17) is 9.47 Å². The molecule has 2 N–H and O–H groups in total. The van der Waals surface area contributed by atoms with Gasteiger partial charge in [-0.05, 0) is 24.0 Å². The molecule has 0 aromatic heterocycles. The first kappa shape index (κ1) is 22.7. The molecule has 1 saturated carbocycles. The third kappa shape index (κ3) is 6.01. The molecule has 166 valence electrons. The average molecular weight is 433 g/mol. The molecule has 3 rings (SSSR count). The van der Waals surface area contributed by atoms with E-state index >= 15 is 0 Å². The number of rotatable bonds is 9. The van der Waals surface area contributed by atoms with E-state index in [1.54, 1.807) is 60.7 Å². The smallest absolute Gasteiger partial charge is 0.408 e. The summed E-state index contributed by atoms with van der Waals surface area (Å²) in [5, 5.41) is 12.4. The molecule has 2 atom stereocenters. The second kappa shape index (κ2) is 10.3. The van der Waals surface area contributed by atoms with Gasteiger partial charge in [-0.2, -0.15) is 0 Å². The van der Waals surface area contributed by atoms with Crippen molar-refractivity contribution in [1.82, 2.24) is 5.32 Å². The number of amides is 1. The SMILES string of the molecule is O=C(NC(C(O)C(=O)OCc1ccccc1)C(F)(F)C1CCC1)OCc1ccccc1. The Balaban J connectivity index is 1.64. The Morgan fingerprint density at radius 3 is 1.97 bits per heavy atom. The maximum absolute atomic E-state index is 15.0. The number of hydrogen-bond donors (Lipinski definition) is 2. The lowest BCUT2D eigenvalue weighted by Gasteiger charge is -2.39. The molecule has 2 aromatic carbocycles. The van der Waals surface area contributed by atoms with E-state index in [1.165, 1.54) is 0 Å². The van der Waals surface area contributed by atoms with Crippen molar-refractivity contribution in [2.75, 3.05) is 0 Å². The lowest BCUT2D eigenvalue weighted by atomic mass is 9.76. The standard InChI is InChI=1S/C23H25F2NO5/c24-23(25,18-12-7-13-18)20(26-22(29)31-15-17-10-5-2-6-11-17)19(27)21(28)30-14-16-8-3-1-4-9-16/h1-6,8-11,18-20,27H,7,12-15H2,(H,26,29). The fourth-order valence-corrected chi connectivity index (χ4v) is 3.27. The van der Waals surface area contributed by atoms with Crippen molar-refractivity contribution in [2.24, 2.45) is 5.92 Å². The number of aliphatic hydroxyl groups excluding tert-OH is 1. The molecule has 0 radical (unpaired) electrons. The van der Waals surface area contributed by atoms with Crippen LogP contribution in [0.1, 0.15) is 30.4 Å². The van der Waals surface area contributed by atoms with Crippen LogP contribution in [0, 0.1) is 5.92 Å². The normalized spacial score (nSPS) is 16.0. The lowest BCUT2D eigenvalue weighted by molar-refractivity contribution is -0.174. The van der Waals surface area contributed by atoms with Crippen LogP contribution >= 0.6 is 0 Å². The predicted octanol–water partition coefficient (Wildman–Crippen LogP) is 3.82. The van der Waals surface area contributed by atoms with Crippen molar-refractivity contribution in [3.63, 3.8) is 0 Å². The Kier molecular flexibility index (Phi) is 7.57. The van der Waals surface area contributed by atoms with Crippen LogP contribution in [0.15, 0.2) is 60.7 Å². The maximum atomic E-state index is 15.0. The van der Waals surface area contributed by atoms with Crippen LogP contribution < -0.4 is 5.32 Å². The van der Waals surface area contributed by atoms with Crippen molar-refractivity contribution in [1.29, 1.82) is 0 Å². The van der Waals surface area contributed by atoms with Crippen molar-refractivity contribution < 1.29 is 33.0 Å². The highest BCUT2D eigenvalue weighted by molar-refractivity contribution is 5.77. The molecule has 31 heavy (non-hydrogen) atoms. The Morgan fingerprint density at radius 1 is 0.968 bits per heavy atom. The topological polar surface area (TPSA) is 84.9 Å². The Labute approximate surface area is 179 Å². The number of alkyl carbamates (subject to hydrolysis) is 1. The highest BCUT2D eigenvalue weighted by Crippen LogP contribution is 2.42. The van der Waals surface area contributed by atoms with Gasteiger partial charge in [0.25, 0.3) is 5.92 Å². The van der Waals surface area contributed by atoms with Crippen LogP contribution in [0.5, 0.6) is 0 Å². The van der Waals surface area contributed by atoms with Crippen LogP contribution in [0.2, 0.25) is 0 Å². The van der Waals surface area contributed by atoms with Gasteiger partial charge in [0.05, 0.1) is 0 Å². The van der Waals surface area contributed by atoms with E-state index in [0.717, 1.165) is 0 Å². The number of aliphatic hydroxyl groups is 1. The molecular formula is C23H25F2NO5. The molecule has 2 aromatic rings. The van der Waals surface area contributed by atoms with Crippen LogP contribution in [-0.4, -0.2) is 35.2 Å². The number of alkyl halides is 2. The summed E-state index contributed by atoms with van der Waals surface area (Å²) in [5.74, 6) is -5.78. The molecule has 0 heterocycles. The summed E-state index contributed by atoms with van der Waals surface area (Å²) in [5.41, 5.74) is 1.31. The van der Waals surface area contributed by atoms with Crippen molar-refractivity contribution in [3.05, 3.63) is 71.8 Å². The predicted molar refractivity (Wildman–Crippen MR) is 108 cm³/mol. The van der Waals surface area contributed by atoms with Gasteiger partial charge in [-0.1, -0.05) is 67.1 Å². The van der Waals surface area contributed by atoms with Crippen LogP contribution in [0.4, 0.5) is 13.6 Å². The molecule has 1 fully saturated rings.